The van der Waals surface area contributed by atoms with Crippen LogP contribution in [0.5, 0.6) is 5.75 Å². The molecule has 0 N–H and O–H groups in total. The highest BCUT2D eigenvalue weighted by Crippen LogP contribution is 2.24. The van der Waals surface area contributed by atoms with Crippen LogP contribution in [0.1, 0.15) is 20.3 Å². The quantitative estimate of drug-likeness (QED) is 0.431. The van der Waals surface area contributed by atoms with Crippen molar-refractivity contribution in [2.45, 2.75) is 39.5 Å². The topological polar surface area (TPSA) is 69.4 Å². The molecule has 0 radical (unpaired) electrons. The van der Waals surface area contributed by atoms with E-state index in [1.807, 2.05) is 28.8 Å². The van der Waals surface area contributed by atoms with Crippen molar-refractivity contribution in [1.29, 1.82) is 0 Å². The highest BCUT2D eigenvalue weighted by molar-refractivity contribution is 7.91. The van der Waals surface area contributed by atoms with E-state index in [1.165, 1.54) is 0 Å². The maximum atomic E-state index is 12.0. The van der Waals surface area contributed by atoms with Gasteiger partial charge in [-0.25, -0.2) is 13.1 Å². The van der Waals surface area contributed by atoms with Crippen molar-refractivity contribution < 1.29 is 13.2 Å². The Morgan fingerprint density at radius 3 is 2.60 bits per heavy atom. The van der Waals surface area contributed by atoms with Crippen molar-refractivity contribution in [3.05, 3.63) is 41.7 Å². The summed E-state index contributed by atoms with van der Waals surface area (Å²) in [5, 5.41) is 4.80. The lowest BCUT2D eigenvalue weighted by molar-refractivity contribution is 0.137. The number of rotatable bonds is 9. The summed E-state index contributed by atoms with van der Waals surface area (Å²) in [5.41, 5.74) is 0.932. The first kappa shape index (κ1) is 22.7. The Morgan fingerprint density at radius 2 is 2.07 bits per heavy atom. The third-order valence-electron chi connectivity index (χ3n) is 5.22. The number of allylic oxidation sites excluding steroid dienone is 1. The monoisotopic (exact) mass is 450 g/mol. The first-order valence-electron chi connectivity index (χ1n) is 10.1. The average molecular weight is 451 g/mol. The van der Waals surface area contributed by atoms with E-state index in [2.05, 4.69) is 25.3 Å². The third-order valence-corrected chi connectivity index (χ3v) is 7.40. The number of ether oxygens (including phenoxy) is 1. The Kier molecular flexibility index (Phi) is 7.15. The number of hydrogen-bond donors (Lipinski definition) is 0. The van der Waals surface area contributed by atoms with Gasteiger partial charge in [-0.3, -0.25) is 9.47 Å². The van der Waals surface area contributed by atoms with E-state index in [9.17, 15) is 8.42 Å². The maximum absolute atomic E-state index is 12.0. The first-order valence-corrected chi connectivity index (χ1v) is 12.3. The molecule has 1 fully saturated rings. The lowest BCUT2D eigenvalue weighted by Gasteiger charge is -2.29. The van der Waals surface area contributed by atoms with Crippen LogP contribution in [-0.2, 0) is 23.1 Å². The Morgan fingerprint density at radius 1 is 1.37 bits per heavy atom. The Bertz CT molecular complexity index is 1040. The first-order chi connectivity index (χ1) is 14.2. The molecule has 1 saturated heterocycles. The predicted molar refractivity (Wildman–Crippen MR) is 122 cm³/mol. The minimum absolute atomic E-state index is 0.00621. The van der Waals surface area contributed by atoms with Gasteiger partial charge in [0, 0.05) is 24.7 Å². The molecular weight excluding hydrogens is 420 g/mol. The predicted octanol–water partition coefficient (Wildman–Crippen LogP) is 3.38. The van der Waals surface area contributed by atoms with Crippen LogP contribution in [0.2, 0.25) is 0 Å². The van der Waals surface area contributed by atoms with Crippen LogP contribution < -0.4 is 4.74 Å². The van der Waals surface area contributed by atoms with Crippen molar-refractivity contribution in [2.24, 2.45) is 5.92 Å². The van der Waals surface area contributed by atoms with Gasteiger partial charge in [-0.1, -0.05) is 19.9 Å². The molecule has 164 valence electrons. The Balaban J connectivity index is 1.95. The van der Waals surface area contributed by atoms with Gasteiger partial charge in [-0.2, -0.15) is 5.10 Å². The van der Waals surface area contributed by atoms with Gasteiger partial charge < -0.3 is 4.74 Å². The molecule has 0 saturated carbocycles. The molecule has 1 aromatic carbocycles. The molecule has 2 aromatic rings. The molecule has 30 heavy (non-hydrogen) atoms. The molecule has 1 atom stereocenters. The fourth-order valence-electron chi connectivity index (χ4n) is 3.81. The molecule has 0 aliphatic carbocycles. The molecule has 0 bridgehead atoms. The third kappa shape index (κ3) is 5.19. The van der Waals surface area contributed by atoms with E-state index in [4.69, 9.17) is 22.1 Å². The van der Waals surface area contributed by atoms with Gasteiger partial charge in [0.2, 0.25) is 0 Å². The highest BCUT2D eigenvalue weighted by atomic mass is 32.2. The second-order valence-corrected chi connectivity index (χ2v) is 10.7. The van der Waals surface area contributed by atoms with Gasteiger partial charge in [0.25, 0.3) is 0 Å². The molecule has 3 rings (SSSR count). The molecule has 0 unspecified atom stereocenters. The molecule has 2 heterocycles. The standard InChI is InChI=1S/C21H30N4O3S2/c1-5-11-24-20(17-6-8-19(28-4)9-7-17)22-25(21(24)29)15-23(13-16(2)3)18-10-12-30(26,27)14-18/h5-9,16,18H,1,10-15H2,2-4H3/t18-/m0/s1. The van der Waals surface area contributed by atoms with E-state index in [0.29, 0.717) is 30.3 Å². The molecule has 0 spiro atoms. The largest absolute Gasteiger partial charge is 0.497 e. The van der Waals surface area contributed by atoms with Crippen molar-refractivity contribution in [3.8, 4) is 17.1 Å². The summed E-state index contributed by atoms with van der Waals surface area (Å²) in [6.07, 6.45) is 2.45. The van der Waals surface area contributed by atoms with E-state index in [-0.39, 0.29) is 17.5 Å². The van der Waals surface area contributed by atoms with Crippen LogP contribution in [-0.4, -0.2) is 58.9 Å². The van der Waals surface area contributed by atoms with Crippen LogP contribution in [0.3, 0.4) is 0 Å². The summed E-state index contributed by atoms with van der Waals surface area (Å²) >= 11 is 5.72. The number of methoxy groups -OCH3 is 1. The molecule has 1 aliphatic rings. The zero-order valence-electron chi connectivity index (χ0n) is 17.8. The number of hydrogen-bond acceptors (Lipinski definition) is 6. The highest BCUT2D eigenvalue weighted by Gasteiger charge is 2.33. The van der Waals surface area contributed by atoms with Gasteiger partial charge in [0.15, 0.2) is 20.4 Å². The van der Waals surface area contributed by atoms with Gasteiger partial charge in [-0.15, -0.1) is 6.58 Å². The number of aromatic nitrogens is 3. The number of nitrogens with zero attached hydrogens (tertiary/aromatic N) is 4. The molecular formula is C21H30N4O3S2. The van der Waals surface area contributed by atoms with Crippen LogP contribution >= 0.6 is 12.2 Å². The minimum atomic E-state index is -2.97. The summed E-state index contributed by atoms with van der Waals surface area (Å²) in [6, 6.07) is 7.69. The van der Waals surface area contributed by atoms with Gasteiger partial charge in [0.1, 0.15) is 5.75 Å². The van der Waals surface area contributed by atoms with E-state index in [1.54, 1.807) is 17.9 Å². The molecule has 0 amide bonds. The maximum Gasteiger partial charge on any atom is 0.199 e. The van der Waals surface area contributed by atoms with Crippen LogP contribution in [0.4, 0.5) is 0 Å². The molecule has 1 aromatic heterocycles. The summed E-state index contributed by atoms with van der Waals surface area (Å²) in [5.74, 6) is 2.38. The van der Waals surface area contributed by atoms with Crippen LogP contribution in [0, 0.1) is 10.7 Å². The van der Waals surface area contributed by atoms with Gasteiger partial charge >= 0.3 is 0 Å². The summed E-state index contributed by atoms with van der Waals surface area (Å²) in [4.78, 5) is 2.20. The molecule has 7 nitrogen and oxygen atoms in total. The number of benzene rings is 1. The Hall–Kier alpha value is -1.97. The Labute approximate surface area is 183 Å². The fraction of sp³-hybridized carbons (Fsp3) is 0.524. The lowest BCUT2D eigenvalue weighted by atomic mass is 10.1. The van der Waals surface area contributed by atoms with E-state index >= 15 is 0 Å². The van der Waals surface area contributed by atoms with Gasteiger partial charge in [0.05, 0.1) is 25.3 Å². The smallest absolute Gasteiger partial charge is 0.199 e. The second-order valence-electron chi connectivity index (χ2n) is 8.10. The molecule has 9 heteroatoms. The summed E-state index contributed by atoms with van der Waals surface area (Å²) in [7, 11) is -1.33. The minimum Gasteiger partial charge on any atom is -0.497 e. The van der Waals surface area contributed by atoms with Crippen LogP contribution in [0.15, 0.2) is 36.9 Å². The molecule has 1 aliphatic heterocycles. The second kappa shape index (κ2) is 9.45. The van der Waals surface area contributed by atoms with E-state index in [0.717, 1.165) is 23.7 Å². The lowest BCUT2D eigenvalue weighted by Crippen LogP contribution is -2.40. The van der Waals surface area contributed by atoms with Crippen LogP contribution in [0.25, 0.3) is 11.4 Å². The SMILES string of the molecule is C=CCn1c(-c2ccc(OC)cc2)nn(CN(CC(C)C)[C@H]2CCS(=O)(=O)C2)c1=S. The fourth-order valence-corrected chi connectivity index (χ4v) is 5.83. The zero-order chi connectivity index (χ0) is 21.9. The van der Waals surface area contributed by atoms with Crippen molar-refractivity contribution in [2.75, 3.05) is 25.2 Å². The van der Waals surface area contributed by atoms with Gasteiger partial charge in [-0.05, 0) is 48.8 Å². The van der Waals surface area contributed by atoms with E-state index < -0.39 is 9.84 Å². The van der Waals surface area contributed by atoms with Crippen molar-refractivity contribution >= 4 is 22.1 Å². The number of sulfone groups is 1. The summed E-state index contributed by atoms with van der Waals surface area (Å²) in [6.45, 7) is 9.91. The average Bonchev–Trinajstić information content (AvgIpc) is 3.21. The zero-order valence-corrected chi connectivity index (χ0v) is 19.5. The van der Waals surface area contributed by atoms with Crippen molar-refractivity contribution in [3.63, 3.8) is 0 Å². The summed E-state index contributed by atoms with van der Waals surface area (Å²) < 4.78 is 33.7. The van der Waals surface area contributed by atoms with Crippen molar-refractivity contribution in [1.82, 2.24) is 19.2 Å². The normalized spacial score (nSPS) is 18.2.